The lowest BCUT2D eigenvalue weighted by molar-refractivity contribution is 0.0592. The maximum Gasteiger partial charge on any atom is 0.354 e. The Morgan fingerprint density at radius 3 is 2.36 bits per heavy atom. The molecule has 0 atom stereocenters. The molecule has 0 saturated heterocycles. The van der Waals surface area contributed by atoms with Crippen molar-refractivity contribution in [3.63, 3.8) is 0 Å². The van der Waals surface area contributed by atoms with Gasteiger partial charge in [0, 0.05) is 11.1 Å². The predicted octanol–water partition coefficient (Wildman–Crippen LogP) is 5.90. The maximum atomic E-state index is 12.6. The number of aromatic carboxylic acids is 1. The van der Waals surface area contributed by atoms with Gasteiger partial charge in [-0.15, -0.1) is 0 Å². The number of hydrogen-bond donors (Lipinski definition) is 2. The second-order valence-electron chi connectivity index (χ2n) is 9.15. The first-order valence-corrected chi connectivity index (χ1v) is 12.1. The van der Waals surface area contributed by atoms with Crippen molar-refractivity contribution in [2.45, 2.75) is 40.0 Å². The van der Waals surface area contributed by atoms with E-state index in [0.29, 0.717) is 12.1 Å². The number of carbonyl (C=O) groups excluding carboxylic acids is 1. The third-order valence-electron chi connectivity index (χ3n) is 7.26. The number of carboxylic acid groups (broad SMARTS) is 1. The molecule has 3 aromatic rings. The predicted molar refractivity (Wildman–Crippen MR) is 140 cm³/mol. The Morgan fingerprint density at radius 2 is 1.69 bits per heavy atom. The second kappa shape index (κ2) is 9.11. The molecule has 6 nitrogen and oxygen atoms in total. The molecule has 1 aliphatic carbocycles. The minimum Gasteiger partial charge on any atom is -0.478 e. The second-order valence-corrected chi connectivity index (χ2v) is 9.15. The number of nitrogens with zero attached hydrogens (tertiary/aromatic N) is 1. The molecule has 5 rings (SSSR count). The summed E-state index contributed by atoms with van der Waals surface area (Å²) in [6, 6.07) is 15.2. The van der Waals surface area contributed by atoms with Gasteiger partial charge in [-0.3, -0.25) is 0 Å². The highest BCUT2D eigenvalue weighted by atomic mass is 16.5. The van der Waals surface area contributed by atoms with Crippen molar-refractivity contribution in [2.24, 2.45) is 4.99 Å². The van der Waals surface area contributed by atoms with Crippen LogP contribution < -0.4 is 0 Å². The van der Waals surface area contributed by atoms with E-state index in [2.05, 4.69) is 30.1 Å². The average Bonchev–Trinajstić information content (AvgIpc) is 3.41. The number of aromatic amines is 1. The van der Waals surface area contributed by atoms with E-state index in [9.17, 15) is 14.7 Å². The molecular formula is C30H28N2O4. The highest BCUT2D eigenvalue weighted by molar-refractivity contribution is 6.18. The van der Waals surface area contributed by atoms with Crippen LogP contribution in [0.25, 0.3) is 5.57 Å². The zero-order valence-corrected chi connectivity index (χ0v) is 20.9. The monoisotopic (exact) mass is 480 g/mol. The van der Waals surface area contributed by atoms with Gasteiger partial charge < -0.3 is 14.8 Å². The quantitative estimate of drug-likeness (QED) is 0.445. The van der Waals surface area contributed by atoms with Gasteiger partial charge in [-0.2, -0.15) is 0 Å². The molecular weight excluding hydrogens is 452 g/mol. The smallest absolute Gasteiger partial charge is 0.354 e. The van der Waals surface area contributed by atoms with Crippen LogP contribution in [-0.4, -0.2) is 34.9 Å². The number of esters is 1. The summed E-state index contributed by atoms with van der Waals surface area (Å²) in [7, 11) is 1.38. The summed E-state index contributed by atoms with van der Waals surface area (Å²) >= 11 is 0. The molecule has 2 heterocycles. The van der Waals surface area contributed by atoms with Crippen LogP contribution in [0.5, 0.6) is 0 Å². The molecule has 0 fully saturated rings. The number of ether oxygens (including phenoxy) is 1. The van der Waals surface area contributed by atoms with Crippen LogP contribution >= 0.6 is 0 Å². The molecule has 0 bridgehead atoms. The van der Waals surface area contributed by atoms with Crippen LogP contribution in [0.2, 0.25) is 0 Å². The van der Waals surface area contributed by atoms with E-state index in [4.69, 9.17) is 9.73 Å². The number of allylic oxidation sites excluding steroid dienone is 2. The molecule has 2 aromatic carbocycles. The third-order valence-corrected chi connectivity index (χ3v) is 7.26. The fourth-order valence-electron chi connectivity index (χ4n) is 5.36. The Kier molecular flexibility index (Phi) is 5.96. The minimum absolute atomic E-state index is 0.214. The van der Waals surface area contributed by atoms with Crippen LogP contribution in [0.3, 0.4) is 0 Å². The summed E-state index contributed by atoms with van der Waals surface area (Å²) in [6.45, 7) is 6.10. The topological polar surface area (TPSA) is 91.8 Å². The Bertz CT molecular complexity index is 1500. The van der Waals surface area contributed by atoms with E-state index < -0.39 is 11.9 Å². The van der Waals surface area contributed by atoms with Crippen molar-refractivity contribution in [2.75, 3.05) is 7.11 Å². The average molecular weight is 481 g/mol. The fourth-order valence-corrected chi connectivity index (χ4v) is 5.36. The lowest BCUT2D eigenvalue weighted by Crippen LogP contribution is -2.13. The van der Waals surface area contributed by atoms with E-state index in [1.807, 2.05) is 32.0 Å². The van der Waals surface area contributed by atoms with Gasteiger partial charge in [0.1, 0.15) is 5.69 Å². The standard InChI is InChI=1S/C30H28N2O4/c1-5-21-16(2)25(32-28(21)30(35)36-4)24(19-10-12-20(13-11-19)29(33)34)26-17(3)22-15-14-18-8-6-7-9-23(18)27(22)31-26/h6-13,32H,5,14-15H2,1-4H3,(H,33,34). The van der Waals surface area contributed by atoms with Crippen molar-refractivity contribution in [3.05, 3.63) is 110 Å². The molecule has 0 amide bonds. The first-order valence-electron chi connectivity index (χ1n) is 12.1. The molecule has 2 aliphatic rings. The number of aromatic nitrogens is 1. The summed E-state index contributed by atoms with van der Waals surface area (Å²) in [5, 5.41) is 9.42. The molecule has 0 unspecified atom stereocenters. The van der Waals surface area contributed by atoms with Gasteiger partial charge in [0.05, 0.1) is 29.8 Å². The molecule has 1 aromatic heterocycles. The minimum atomic E-state index is -0.977. The van der Waals surface area contributed by atoms with Crippen LogP contribution in [0.1, 0.15) is 74.6 Å². The Morgan fingerprint density at radius 1 is 1.00 bits per heavy atom. The van der Waals surface area contributed by atoms with Crippen LogP contribution in [-0.2, 0) is 17.6 Å². The van der Waals surface area contributed by atoms with Crippen molar-refractivity contribution >= 4 is 23.2 Å². The highest BCUT2D eigenvalue weighted by Gasteiger charge is 2.31. The first-order chi connectivity index (χ1) is 17.3. The number of nitrogens with one attached hydrogen (secondary N) is 1. The van der Waals surface area contributed by atoms with Gasteiger partial charge >= 0.3 is 11.9 Å². The van der Waals surface area contributed by atoms with Crippen molar-refractivity contribution in [1.82, 2.24) is 4.98 Å². The molecule has 6 heteroatoms. The van der Waals surface area contributed by atoms with E-state index in [1.165, 1.54) is 18.2 Å². The normalized spacial score (nSPS) is 15.8. The van der Waals surface area contributed by atoms with Gasteiger partial charge in [0.2, 0.25) is 0 Å². The van der Waals surface area contributed by atoms with Gasteiger partial charge in [0.15, 0.2) is 0 Å². The van der Waals surface area contributed by atoms with Crippen LogP contribution in [0.4, 0.5) is 0 Å². The van der Waals surface area contributed by atoms with E-state index >= 15 is 0 Å². The number of methoxy groups -OCH3 is 1. The number of H-pyrrole nitrogens is 1. The molecule has 2 N–H and O–H groups in total. The van der Waals surface area contributed by atoms with Crippen LogP contribution in [0.15, 0.2) is 70.4 Å². The molecule has 1 aliphatic heterocycles. The number of hydrogen-bond acceptors (Lipinski definition) is 4. The Labute approximate surface area is 210 Å². The number of aliphatic imine (C=N–C) groups is 1. The van der Waals surface area contributed by atoms with Crippen molar-refractivity contribution in [3.8, 4) is 0 Å². The van der Waals surface area contributed by atoms with Crippen LogP contribution in [0, 0.1) is 6.92 Å². The number of carbonyl (C=O) groups is 2. The number of fused-ring (bicyclic) bond motifs is 3. The summed E-state index contributed by atoms with van der Waals surface area (Å²) in [4.78, 5) is 32.6. The lowest BCUT2D eigenvalue weighted by Gasteiger charge is -2.18. The number of benzene rings is 2. The van der Waals surface area contributed by atoms with Gasteiger partial charge in [-0.1, -0.05) is 43.3 Å². The van der Waals surface area contributed by atoms with E-state index in [1.54, 1.807) is 12.1 Å². The van der Waals surface area contributed by atoms with E-state index in [-0.39, 0.29) is 5.56 Å². The summed E-state index contributed by atoms with van der Waals surface area (Å²) in [6.07, 6.45) is 2.54. The zero-order chi connectivity index (χ0) is 25.6. The molecule has 0 saturated carbocycles. The fraction of sp³-hybridized carbons (Fsp3) is 0.233. The third kappa shape index (κ3) is 3.70. The Balaban J connectivity index is 1.81. The summed E-state index contributed by atoms with van der Waals surface area (Å²) in [5.74, 6) is -1.39. The van der Waals surface area contributed by atoms with Crippen molar-refractivity contribution < 1.29 is 19.4 Å². The van der Waals surface area contributed by atoms with Gasteiger partial charge in [-0.25, -0.2) is 14.6 Å². The number of carboxylic acids is 1. The summed E-state index contributed by atoms with van der Waals surface area (Å²) < 4.78 is 5.05. The SMILES string of the molecule is CCc1c(C(=O)OC)[nH]c(C(=C2N=C3C(=C2C)CCc2ccccc23)c2ccc(C(=O)O)cc2)c1C. The Hall–Kier alpha value is -4.19. The van der Waals surface area contributed by atoms with Gasteiger partial charge in [-0.05, 0) is 78.6 Å². The summed E-state index contributed by atoms with van der Waals surface area (Å²) in [5.41, 5.74) is 11.6. The lowest BCUT2D eigenvalue weighted by atomic mass is 9.85. The maximum absolute atomic E-state index is 12.6. The largest absolute Gasteiger partial charge is 0.478 e. The van der Waals surface area contributed by atoms with Crippen molar-refractivity contribution in [1.29, 1.82) is 0 Å². The highest BCUT2D eigenvalue weighted by Crippen LogP contribution is 2.42. The molecule has 36 heavy (non-hydrogen) atoms. The molecule has 0 spiro atoms. The molecule has 182 valence electrons. The van der Waals surface area contributed by atoms with Gasteiger partial charge in [0.25, 0.3) is 0 Å². The first kappa shape index (κ1) is 23.5. The molecule has 0 radical (unpaired) electrons. The number of aryl methyl sites for hydroxylation is 1. The van der Waals surface area contributed by atoms with E-state index in [0.717, 1.165) is 63.3 Å². The zero-order valence-electron chi connectivity index (χ0n) is 20.9. The number of rotatable bonds is 5.